The first-order valence-corrected chi connectivity index (χ1v) is 10.1. The first kappa shape index (κ1) is 20.8. The minimum absolute atomic E-state index is 0.00432. The van der Waals surface area contributed by atoms with Crippen molar-refractivity contribution >= 4 is 16.8 Å². The maximum absolute atomic E-state index is 12.7. The third-order valence-corrected chi connectivity index (χ3v) is 5.07. The van der Waals surface area contributed by atoms with Gasteiger partial charge in [-0.25, -0.2) is 4.98 Å². The number of amides is 1. The molecule has 1 aromatic carbocycles. The summed E-state index contributed by atoms with van der Waals surface area (Å²) < 4.78 is 3.63. The van der Waals surface area contributed by atoms with E-state index in [0.29, 0.717) is 42.7 Å². The monoisotopic (exact) mass is 395 g/mol. The summed E-state index contributed by atoms with van der Waals surface area (Å²) in [5, 5.41) is 8.07. The minimum Gasteiger partial charge on any atom is -0.356 e. The number of carbonyl (C=O) groups is 1. The number of aryl methyl sites for hydroxylation is 3. The van der Waals surface area contributed by atoms with Gasteiger partial charge in [-0.3, -0.25) is 18.8 Å². The van der Waals surface area contributed by atoms with Crippen LogP contribution < -0.4 is 10.9 Å². The van der Waals surface area contributed by atoms with Crippen LogP contribution in [0.2, 0.25) is 0 Å². The van der Waals surface area contributed by atoms with E-state index in [0.717, 1.165) is 17.9 Å². The van der Waals surface area contributed by atoms with E-state index in [1.165, 1.54) is 0 Å². The van der Waals surface area contributed by atoms with Crippen molar-refractivity contribution in [2.24, 2.45) is 5.92 Å². The zero-order valence-corrected chi connectivity index (χ0v) is 17.6. The lowest BCUT2D eigenvalue weighted by atomic mass is 10.1. The van der Waals surface area contributed by atoms with Crippen molar-refractivity contribution in [1.82, 2.24) is 24.6 Å². The molecule has 0 aliphatic carbocycles. The molecule has 1 N–H and O–H groups in total. The summed E-state index contributed by atoms with van der Waals surface area (Å²) in [6, 6.07) is 9.40. The van der Waals surface area contributed by atoms with Gasteiger partial charge >= 0.3 is 0 Å². The highest BCUT2D eigenvalue weighted by atomic mass is 16.1. The Hall–Kier alpha value is -2.96. The van der Waals surface area contributed by atoms with Gasteiger partial charge in [-0.2, -0.15) is 5.10 Å². The number of hydrogen-bond donors (Lipinski definition) is 1. The molecule has 0 aliphatic heterocycles. The number of para-hydroxylation sites is 1. The summed E-state index contributed by atoms with van der Waals surface area (Å²) in [6.07, 6.45) is 0.976. The second kappa shape index (κ2) is 9.03. The van der Waals surface area contributed by atoms with Crippen molar-refractivity contribution < 1.29 is 4.79 Å². The van der Waals surface area contributed by atoms with E-state index in [2.05, 4.69) is 28.4 Å². The summed E-state index contributed by atoms with van der Waals surface area (Å²) in [5.74, 6) is 0.962. The van der Waals surface area contributed by atoms with Gasteiger partial charge in [-0.1, -0.05) is 19.1 Å². The molecule has 3 rings (SSSR count). The Balaban J connectivity index is 1.48. The predicted octanol–water partition coefficient (Wildman–Crippen LogP) is 2.75. The molecule has 0 saturated carbocycles. The van der Waals surface area contributed by atoms with Crippen molar-refractivity contribution in [3.05, 3.63) is 57.9 Å². The molecule has 29 heavy (non-hydrogen) atoms. The van der Waals surface area contributed by atoms with Gasteiger partial charge in [0.2, 0.25) is 5.91 Å². The van der Waals surface area contributed by atoms with Crippen LogP contribution in [0.1, 0.15) is 37.0 Å². The fourth-order valence-corrected chi connectivity index (χ4v) is 3.54. The van der Waals surface area contributed by atoms with Crippen LogP contribution in [0.4, 0.5) is 0 Å². The topological polar surface area (TPSA) is 81.8 Å². The molecule has 1 unspecified atom stereocenters. The highest BCUT2D eigenvalue weighted by molar-refractivity contribution is 5.77. The van der Waals surface area contributed by atoms with E-state index in [9.17, 15) is 9.59 Å². The molecular weight excluding hydrogens is 366 g/mol. The molecule has 7 heteroatoms. The summed E-state index contributed by atoms with van der Waals surface area (Å²) in [7, 11) is 0. The van der Waals surface area contributed by atoms with Gasteiger partial charge in [0, 0.05) is 31.7 Å². The summed E-state index contributed by atoms with van der Waals surface area (Å²) in [5.41, 5.74) is 2.80. The molecule has 0 fully saturated rings. The number of nitrogens with zero attached hydrogens (tertiary/aromatic N) is 4. The first-order valence-electron chi connectivity index (χ1n) is 10.1. The van der Waals surface area contributed by atoms with E-state index in [1.54, 1.807) is 10.6 Å². The first-order chi connectivity index (χ1) is 13.8. The molecule has 0 bridgehead atoms. The maximum Gasteiger partial charge on any atom is 0.261 e. The zero-order chi connectivity index (χ0) is 21.0. The van der Waals surface area contributed by atoms with Crippen LogP contribution in [0.3, 0.4) is 0 Å². The summed E-state index contributed by atoms with van der Waals surface area (Å²) in [6.45, 7) is 9.81. The number of hydrogen-bond acceptors (Lipinski definition) is 4. The van der Waals surface area contributed by atoms with Gasteiger partial charge < -0.3 is 5.32 Å². The molecule has 2 heterocycles. The third-order valence-electron chi connectivity index (χ3n) is 5.07. The Morgan fingerprint density at radius 1 is 1.21 bits per heavy atom. The lowest BCUT2D eigenvalue weighted by Gasteiger charge is -2.14. The van der Waals surface area contributed by atoms with Crippen LogP contribution in [0.5, 0.6) is 0 Å². The fourth-order valence-electron chi connectivity index (χ4n) is 3.54. The maximum atomic E-state index is 12.7. The highest BCUT2D eigenvalue weighted by Gasteiger charge is 2.11. The standard InChI is InChI=1S/C22H29N5O2/c1-15(14-27-17(3)12-16(2)25-27)13-23-21(28)10-7-11-26-18(4)24-20-9-6-5-8-19(20)22(26)29/h5-6,8-9,12,15H,7,10-11,13-14H2,1-4H3,(H,23,28). The second-order valence-corrected chi connectivity index (χ2v) is 7.75. The molecule has 1 amide bonds. The molecule has 0 spiro atoms. The van der Waals surface area contributed by atoms with E-state index in [1.807, 2.05) is 43.7 Å². The SMILES string of the molecule is Cc1cc(C)n(CC(C)CNC(=O)CCCn2c(C)nc3ccccc3c2=O)n1. The fraction of sp³-hybridized carbons (Fsp3) is 0.455. The van der Waals surface area contributed by atoms with Crippen molar-refractivity contribution in [2.75, 3.05) is 6.54 Å². The van der Waals surface area contributed by atoms with E-state index < -0.39 is 0 Å². The van der Waals surface area contributed by atoms with Crippen LogP contribution in [-0.2, 0) is 17.9 Å². The van der Waals surface area contributed by atoms with E-state index >= 15 is 0 Å². The Labute approximate surface area is 170 Å². The van der Waals surface area contributed by atoms with Gasteiger partial charge in [0.15, 0.2) is 0 Å². The smallest absolute Gasteiger partial charge is 0.261 e. The predicted molar refractivity (Wildman–Crippen MR) is 114 cm³/mol. The normalized spacial score (nSPS) is 12.3. The Kier molecular flexibility index (Phi) is 6.46. The molecule has 0 saturated heterocycles. The van der Waals surface area contributed by atoms with Gasteiger partial charge in [-0.05, 0) is 51.3 Å². The lowest BCUT2D eigenvalue weighted by Crippen LogP contribution is -2.31. The number of benzene rings is 1. The zero-order valence-electron chi connectivity index (χ0n) is 17.6. The van der Waals surface area contributed by atoms with Gasteiger partial charge in [0.05, 0.1) is 16.6 Å². The van der Waals surface area contributed by atoms with Crippen molar-refractivity contribution in [1.29, 1.82) is 0 Å². The molecule has 154 valence electrons. The minimum atomic E-state index is -0.0491. The lowest BCUT2D eigenvalue weighted by molar-refractivity contribution is -0.121. The molecule has 2 aromatic heterocycles. The van der Waals surface area contributed by atoms with E-state index in [4.69, 9.17) is 0 Å². The van der Waals surface area contributed by atoms with Crippen LogP contribution >= 0.6 is 0 Å². The Morgan fingerprint density at radius 3 is 2.69 bits per heavy atom. The van der Waals surface area contributed by atoms with Gasteiger partial charge in [0.25, 0.3) is 5.56 Å². The second-order valence-electron chi connectivity index (χ2n) is 7.75. The molecule has 0 aliphatic rings. The van der Waals surface area contributed by atoms with E-state index in [-0.39, 0.29) is 17.4 Å². The van der Waals surface area contributed by atoms with Crippen LogP contribution in [0.25, 0.3) is 10.9 Å². The van der Waals surface area contributed by atoms with Crippen LogP contribution in [-0.4, -0.2) is 31.8 Å². The summed E-state index contributed by atoms with van der Waals surface area (Å²) >= 11 is 0. The Morgan fingerprint density at radius 2 is 1.97 bits per heavy atom. The quantitative estimate of drug-likeness (QED) is 0.636. The molecule has 3 aromatic rings. The number of aromatic nitrogens is 4. The molecule has 1 atom stereocenters. The summed E-state index contributed by atoms with van der Waals surface area (Å²) in [4.78, 5) is 29.4. The number of fused-ring (bicyclic) bond motifs is 1. The van der Waals surface area contributed by atoms with Crippen molar-refractivity contribution in [3.63, 3.8) is 0 Å². The molecular formula is C22H29N5O2. The van der Waals surface area contributed by atoms with Crippen molar-refractivity contribution in [3.8, 4) is 0 Å². The van der Waals surface area contributed by atoms with Crippen LogP contribution in [0.15, 0.2) is 35.1 Å². The average molecular weight is 396 g/mol. The number of nitrogens with one attached hydrogen (secondary N) is 1. The third kappa shape index (κ3) is 5.10. The average Bonchev–Trinajstić information content (AvgIpc) is 2.99. The number of carbonyl (C=O) groups excluding carboxylic acids is 1. The molecule has 7 nitrogen and oxygen atoms in total. The van der Waals surface area contributed by atoms with Crippen molar-refractivity contribution in [2.45, 2.75) is 53.6 Å². The Bertz CT molecular complexity index is 1070. The van der Waals surface area contributed by atoms with Crippen LogP contribution in [0, 0.1) is 26.7 Å². The number of rotatable bonds is 8. The molecule has 0 radical (unpaired) electrons. The van der Waals surface area contributed by atoms with Gasteiger partial charge in [0.1, 0.15) is 5.82 Å². The largest absolute Gasteiger partial charge is 0.356 e. The van der Waals surface area contributed by atoms with Gasteiger partial charge in [-0.15, -0.1) is 0 Å². The highest BCUT2D eigenvalue weighted by Crippen LogP contribution is 2.09.